The molecule has 21 heavy (non-hydrogen) atoms. The van der Waals surface area contributed by atoms with Gasteiger partial charge >= 0.3 is 5.97 Å². The highest BCUT2D eigenvalue weighted by atomic mass is 16.4. The van der Waals surface area contributed by atoms with Gasteiger partial charge in [-0.15, -0.1) is 0 Å². The molecule has 1 saturated carbocycles. The van der Waals surface area contributed by atoms with E-state index in [1.165, 1.54) is 12.8 Å². The SMILES string of the molecule is CC1CCC(Nc2nc(C(=O)O)nc3ccccc23)CC1. The Bertz CT molecular complexity index is 664. The number of aromatic carboxylic acids is 1. The van der Waals surface area contributed by atoms with E-state index in [4.69, 9.17) is 5.11 Å². The number of rotatable bonds is 3. The van der Waals surface area contributed by atoms with Gasteiger partial charge in [0.15, 0.2) is 0 Å². The fourth-order valence-electron chi connectivity index (χ4n) is 2.88. The number of fused-ring (bicyclic) bond motifs is 1. The van der Waals surface area contributed by atoms with E-state index >= 15 is 0 Å². The minimum Gasteiger partial charge on any atom is -0.475 e. The second-order valence-corrected chi connectivity index (χ2v) is 5.82. The molecule has 0 amide bonds. The third kappa shape index (κ3) is 2.96. The van der Waals surface area contributed by atoms with Gasteiger partial charge in [0.2, 0.25) is 5.82 Å². The fourth-order valence-corrected chi connectivity index (χ4v) is 2.88. The first-order valence-electron chi connectivity index (χ1n) is 7.40. The van der Waals surface area contributed by atoms with Crippen LogP contribution in [0.4, 0.5) is 5.82 Å². The standard InChI is InChI=1S/C16H19N3O2/c1-10-6-8-11(9-7-10)17-14-12-4-2-3-5-13(12)18-15(19-14)16(20)21/h2-5,10-11H,6-9H2,1H3,(H,20,21)(H,17,18,19). The summed E-state index contributed by atoms with van der Waals surface area (Å²) in [5, 5.41) is 13.5. The van der Waals surface area contributed by atoms with Crippen LogP contribution < -0.4 is 5.32 Å². The lowest BCUT2D eigenvalue weighted by atomic mass is 9.87. The summed E-state index contributed by atoms with van der Waals surface area (Å²) in [6.45, 7) is 2.28. The van der Waals surface area contributed by atoms with Gasteiger partial charge in [0.05, 0.1) is 5.52 Å². The van der Waals surface area contributed by atoms with Gasteiger partial charge in [-0.1, -0.05) is 19.1 Å². The Morgan fingerprint density at radius 3 is 2.62 bits per heavy atom. The van der Waals surface area contributed by atoms with Crippen molar-refractivity contribution in [3.63, 3.8) is 0 Å². The fraction of sp³-hybridized carbons (Fsp3) is 0.438. The summed E-state index contributed by atoms with van der Waals surface area (Å²) in [5.41, 5.74) is 0.663. The minimum atomic E-state index is -1.10. The van der Waals surface area contributed by atoms with Crippen molar-refractivity contribution in [2.45, 2.75) is 38.6 Å². The Hall–Kier alpha value is -2.17. The predicted octanol–water partition coefficient (Wildman–Crippen LogP) is 3.32. The Morgan fingerprint density at radius 2 is 1.90 bits per heavy atom. The van der Waals surface area contributed by atoms with Crippen LogP contribution in [0, 0.1) is 5.92 Å². The van der Waals surface area contributed by atoms with Crippen molar-refractivity contribution in [2.24, 2.45) is 5.92 Å². The molecule has 1 heterocycles. The van der Waals surface area contributed by atoms with Crippen LogP contribution in [0.2, 0.25) is 0 Å². The molecule has 1 aliphatic rings. The first-order valence-corrected chi connectivity index (χ1v) is 7.40. The summed E-state index contributed by atoms with van der Waals surface area (Å²) < 4.78 is 0. The molecule has 0 saturated heterocycles. The molecule has 5 nitrogen and oxygen atoms in total. The van der Waals surface area contributed by atoms with Crippen molar-refractivity contribution in [2.75, 3.05) is 5.32 Å². The smallest absolute Gasteiger partial charge is 0.374 e. The number of anilines is 1. The van der Waals surface area contributed by atoms with E-state index in [9.17, 15) is 4.79 Å². The van der Waals surface area contributed by atoms with Crippen LogP contribution in [0.3, 0.4) is 0 Å². The molecule has 1 aromatic heterocycles. The molecule has 110 valence electrons. The maximum atomic E-state index is 11.2. The Labute approximate surface area is 123 Å². The Morgan fingerprint density at radius 1 is 1.19 bits per heavy atom. The van der Waals surface area contributed by atoms with E-state index in [0.29, 0.717) is 17.4 Å². The van der Waals surface area contributed by atoms with Crippen molar-refractivity contribution in [1.82, 2.24) is 9.97 Å². The maximum Gasteiger partial charge on any atom is 0.374 e. The molecule has 1 aliphatic carbocycles. The van der Waals surface area contributed by atoms with Gasteiger partial charge in [-0.2, -0.15) is 0 Å². The summed E-state index contributed by atoms with van der Waals surface area (Å²) in [7, 11) is 0. The average Bonchev–Trinajstić information content (AvgIpc) is 2.49. The monoisotopic (exact) mass is 285 g/mol. The zero-order chi connectivity index (χ0) is 14.8. The molecule has 1 aromatic carbocycles. The molecule has 2 aromatic rings. The molecule has 5 heteroatoms. The summed E-state index contributed by atoms with van der Waals surface area (Å²) >= 11 is 0. The van der Waals surface area contributed by atoms with E-state index in [0.717, 1.165) is 24.1 Å². The second kappa shape index (κ2) is 5.68. The van der Waals surface area contributed by atoms with Crippen LogP contribution in [0.15, 0.2) is 24.3 Å². The summed E-state index contributed by atoms with van der Waals surface area (Å²) in [4.78, 5) is 19.5. The van der Waals surface area contributed by atoms with Crippen LogP contribution >= 0.6 is 0 Å². The number of nitrogens with zero attached hydrogens (tertiary/aromatic N) is 2. The third-order valence-electron chi connectivity index (χ3n) is 4.15. The highest BCUT2D eigenvalue weighted by Crippen LogP contribution is 2.28. The van der Waals surface area contributed by atoms with Gasteiger partial charge < -0.3 is 10.4 Å². The van der Waals surface area contributed by atoms with E-state index in [1.54, 1.807) is 0 Å². The van der Waals surface area contributed by atoms with Crippen molar-refractivity contribution in [3.8, 4) is 0 Å². The zero-order valence-corrected chi connectivity index (χ0v) is 12.0. The number of carbonyl (C=O) groups is 1. The first-order chi connectivity index (χ1) is 10.1. The van der Waals surface area contributed by atoms with Crippen LogP contribution in [0.5, 0.6) is 0 Å². The lowest BCUT2D eigenvalue weighted by Gasteiger charge is -2.27. The van der Waals surface area contributed by atoms with E-state index in [1.807, 2.05) is 24.3 Å². The van der Waals surface area contributed by atoms with Gasteiger partial charge in [0, 0.05) is 11.4 Å². The van der Waals surface area contributed by atoms with Gasteiger partial charge in [-0.05, 0) is 43.7 Å². The molecular formula is C16H19N3O2. The number of nitrogens with one attached hydrogen (secondary N) is 1. The molecule has 3 rings (SSSR count). The molecule has 0 aliphatic heterocycles. The number of carboxylic acids is 1. The lowest BCUT2D eigenvalue weighted by molar-refractivity contribution is 0.0684. The number of para-hydroxylation sites is 1. The predicted molar refractivity (Wildman–Crippen MR) is 81.5 cm³/mol. The molecule has 2 N–H and O–H groups in total. The third-order valence-corrected chi connectivity index (χ3v) is 4.15. The normalized spacial score (nSPS) is 22.1. The summed E-state index contributed by atoms with van der Waals surface area (Å²) in [6, 6.07) is 7.88. The zero-order valence-electron chi connectivity index (χ0n) is 12.0. The molecule has 0 unspecified atom stereocenters. The van der Waals surface area contributed by atoms with Crippen LogP contribution in [0.25, 0.3) is 10.9 Å². The Balaban J connectivity index is 1.94. The van der Waals surface area contributed by atoms with Crippen molar-refractivity contribution in [3.05, 3.63) is 30.1 Å². The van der Waals surface area contributed by atoms with Gasteiger partial charge in [-0.3, -0.25) is 0 Å². The number of hydrogen-bond acceptors (Lipinski definition) is 4. The molecule has 0 radical (unpaired) electrons. The van der Waals surface area contributed by atoms with Gasteiger partial charge in [-0.25, -0.2) is 14.8 Å². The molecule has 0 atom stereocenters. The lowest BCUT2D eigenvalue weighted by Crippen LogP contribution is -2.26. The van der Waals surface area contributed by atoms with Crippen molar-refractivity contribution in [1.29, 1.82) is 0 Å². The number of hydrogen-bond donors (Lipinski definition) is 2. The maximum absolute atomic E-state index is 11.2. The summed E-state index contributed by atoms with van der Waals surface area (Å²) in [5.74, 6) is 0.166. The van der Waals surface area contributed by atoms with Crippen LogP contribution in [-0.4, -0.2) is 27.1 Å². The molecule has 1 fully saturated rings. The average molecular weight is 285 g/mol. The molecule has 0 bridgehead atoms. The largest absolute Gasteiger partial charge is 0.475 e. The highest BCUT2D eigenvalue weighted by Gasteiger charge is 2.20. The highest BCUT2D eigenvalue weighted by molar-refractivity contribution is 5.93. The molecule has 0 spiro atoms. The Kier molecular flexibility index (Phi) is 3.73. The number of benzene rings is 1. The number of carboxylic acid groups (broad SMARTS) is 1. The minimum absolute atomic E-state index is 0.152. The first kappa shape index (κ1) is 13.8. The molecular weight excluding hydrogens is 266 g/mol. The van der Waals surface area contributed by atoms with Gasteiger partial charge in [0.1, 0.15) is 5.82 Å². The topological polar surface area (TPSA) is 75.1 Å². The van der Waals surface area contributed by atoms with Gasteiger partial charge in [0.25, 0.3) is 0 Å². The summed E-state index contributed by atoms with van der Waals surface area (Å²) in [6.07, 6.45) is 4.60. The quantitative estimate of drug-likeness (QED) is 0.904. The van der Waals surface area contributed by atoms with Crippen molar-refractivity contribution < 1.29 is 9.90 Å². The van der Waals surface area contributed by atoms with E-state index < -0.39 is 5.97 Å². The van der Waals surface area contributed by atoms with Crippen molar-refractivity contribution >= 4 is 22.7 Å². The second-order valence-electron chi connectivity index (χ2n) is 5.82. The van der Waals surface area contributed by atoms with Crippen LogP contribution in [0.1, 0.15) is 43.2 Å². The van der Waals surface area contributed by atoms with E-state index in [2.05, 4.69) is 22.2 Å². The number of aromatic nitrogens is 2. The van der Waals surface area contributed by atoms with Crippen LogP contribution in [-0.2, 0) is 0 Å². The van der Waals surface area contributed by atoms with E-state index in [-0.39, 0.29) is 5.82 Å².